The van der Waals surface area contributed by atoms with Gasteiger partial charge in [0.25, 0.3) is 5.60 Å². The molecule has 1 atom stereocenters. The Morgan fingerprint density at radius 2 is 1.85 bits per heavy atom. The molecule has 0 saturated carbocycles. The first-order valence-corrected chi connectivity index (χ1v) is 8.34. The first-order valence-electron chi connectivity index (χ1n) is 7.55. The molecule has 4 nitrogen and oxygen atoms in total. The number of nitrogens with zero attached hydrogens (tertiary/aromatic N) is 3. The maximum absolute atomic E-state index is 13.9. The van der Waals surface area contributed by atoms with Gasteiger partial charge in [0.15, 0.2) is 5.69 Å². The fourth-order valence-electron chi connectivity index (χ4n) is 2.80. The molecule has 11 heteroatoms. The first kappa shape index (κ1) is 19.7. The Morgan fingerprint density at radius 3 is 2.41 bits per heavy atom. The maximum Gasteiger partial charge on any atom is 0.435 e. The van der Waals surface area contributed by atoms with Crippen LogP contribution in [-0.2, 0) is 23.7 Å². The molecule has 146 valence electrons. The highest BCUT2D eigenvalue weighted by atomic mass is 79.9. The number of aromatic nitrogens is 2. The van der Waals surface area contributed by atoms with E-state index in [0.29, 0.717) is 20.9 Å². The predicted octanol–water partition coefficient (Wildman–Crippen LogP) is 5.09. The normalized spacial score (nSPS) is 20.6. The van der Waals surface area contributed by atoms with Gasteiger partial charge in [-0.2, -0.15) is 31.4 Å². The van der Waals surface area contributed by atoms with Gasteiger partial charge in [0, 0.05) is 23.3 Å². The number of hydrogen-bond acceptors (Lipinski definition) is 3. The molecule has 2 heterocycles. The molecular weight excluding hydrogens is 444 g/mol. The van der Waals surface area contributed by atoms with Crippen molar-refractivity contribution >= 4 is 21.6 Å². The molecular formula is C16H12BrF6N3O. The van der Waals surface area contributed by atoms with Crippen LogP contribution in [0.5, 0.6) is 0 Å². The summed E-state index contributed by atoms with van der Waals surface area (Å²) in [5.74, 6) is 0. The molecule has 1 aromatic heterocycles. The van der Waals surface area contributed by atoms with Crippen LogP contribution in [-0.4, -0.2) is 21.7 Å². The molecule has 0 N–H and O–H groups in total. The summed E-state index contributed by atoms with van der Waals surface area (Å²) in [6.07, 6.45) is -10.5. The number of aryl methyl sites for hydroxylation is 2. The van der Waals surface area contributed by atoms with E-state index in [9.17, 15) is 26.3 Å². The van der Waals surface area contributed by atoms with Gasteiger partial charge in [0.05, 0.1) is 17.7 Å². The maximum atomic E-state index is 13.9. The van der Waals surface area contributed by atoms with E-state index < -0.39 is 35.6 Å². The average molecular weight is 456 g/mol. The van der Waals surface area contributed by atoms with Crippen molar-refractivity contribution in [3.8, 4) is 0 Å². The van der Waals surface area contributed by atoms with Crippen molar-refractivity contribution in [1.29, 1.82) is 0 Å². The Balaban J connectivity index is 2.10. The molecule has 1 unspecified atom stereocenters. The molecule has 0 bridgehead atoms. The summed E-state index contributed by atoms with van der Waals surface area (Å²) in [6.45, 7) is 1.78. The topological polar surface area (TPSA) is 39.4 Å². The zero-order valence-electron chi connectivity index (χ0n) is 13.9. The fraction of sp³-hybridized carbons (Fsp3) is 0.375. The highest BCUT2D eigenvalue weighted by Crippen LogP contribution is 2.51. The van der Waals surface area contributed by atoms with E-state index in [2.05, 4.69) is 31.0 Å². The highest BCUT2D eigenvalue weighted by Gasteiger charge is 2.65. The average Bonchev–Trinajstić information content (AvgIpc) is 3.13. The Hall–Kier alpha value is -2.04. The summed E-state index contributed by atoms with van der Waals surface area (Å²) in [5.41, 5.74) is -4.98. The van der Waals surface area contributed by atoms with Crippen LogP contribution in [0.1, 0.15) is 28.8 Å². The van der Waals surface area contributed by atoms with Crippen molar-refractivity contribution in [1.82, 2.24) is 9.78 Å². The van der Waals surface area contributed by atoms with Crippen LogP contribution >= 0.6 is 15.9 Å². The zero-order valence-corrected chi connectivity index (χ0v) is 15.5. The molecule has 0 aliphatic carbocycles. The standard InChI is InChI=1S/C16H12BrF6N3O/c1-8-3-4-9(5-11(8)17)12-6-14(27-25-12,16(21,22)23)10-7-26(2)24-13(10)15(18,19)20/h3-5,7H,6H2,1-2H3. The molecule has 0 spiro atoms. The predicted molar refractivity (Wildman–Crippen MR) is 87.1 cm³/mol. The van der Waals surface area contributed by atoms with Crippen LogP contribution in [0.25, 0.3) is 0 Å². The summed E-state index contributed by atoms with van der Waals surface area (Å²) in [6, 6.07) is 4.72. The van der Waals surface area contributed by atoms with E-state index in [1.807, 2.05) is 0 Å². The zero-order chi connectivity index (χ0) is 20.2. The van der Waals surface area contributed by atoms with Crippen molar-refractivity contribution in [2.45, 2.75) is 31.3 Å². The smallest absolute Gasteiger partial charge is 0.374 e. The molecule has 1 aliphatic heterocycles. The molecule has 0 radical (unpaired) electrons. The van der Waals surface area contributed by atoms with Crippen LogP contribution in [0, 0.1) is 6.92 Å². The third-order valence-corrected chi connectivity index (χ3v) is 5.08. The van der Waals surface area contributed by atoms with E-state index in [1.54, 1.807) is 13.0 Å². The largest absolute Gasteiger partial charge is 0.435 e. The number of hydrogen-bond donors (Lipinski definition) is 0. The first-order chi connectivity index (χ1) is 12.3. The van der Waals surface area contributed by atoms with Crippen LogP contribution in [0.4, 0.5) is 26.3 Å². The van der Waals surface area contributed by atoms with Gasteiger partial charge in [-0.25, -0.2) is 0 Å². The summed E-state index contributed by atoms with van der Waals surface area (Å²) in [4.78, 5) is 4.67. The summed E-state index contributed by atoms with van der Waals surface area (Å²) in [5, 5.41) is 6.64. The molecule has 0 saturated heterocycles. The second-order valence-electron chi connectivity index (χ2n) is 6.16. The lowest BCUT2D eigenvalue weighted by Crippen LogP contribution is -2.43. The van der Waals surface area contributed by atoms with E-state index in [4.69, 9.17) is 0 Å². The van der Waals surface area contributed by atoms with Crippen molar-refractivity contribution in [3.63, 3.8) is 0 Å². The molecule has 0 amide bonds. The SMILES string of the molecule is Cc1ccc(C2=NOC(c3cn(C)nc3C(F)(F)F)(C(F)(F)F)C2)cc1Br. The van der Waals surface area contributed by atoms with Crippen LogP contribution in [0.15, 0.2) is 34.0 Å². The number of alkyl halides is 6. The van der Waals surface area contributed by atoms with Gasteiger partial charge in [0.1, 0.15) is 0 Å². The molecule has 0 fully saturated rings. The molecule has 1 aliphatic rings. The van der Waals surface area contributed by atoms with Gasteiger partial charge in [-0.15, -0.1) is 0 Å². The summed E-state index contributed by atoms with van der Waals surface area (Å²) < 4.78 is 82.7. The van der Waals surface area contributed by atoms with E-state index >= 15 is 0 Å². The Morgan fingerprint density at radius 1 is 1.19 bits per heavy atom. The van der Waals surface area contributed by atoms with E-state index in [0.717, 1.165) is 12.6 Å². The van der Waals surface area contributed by atoms with Gasteiger partial charge in [-0.1, -0.05) is 33.2 Å². The summed E-state index contributed by atoms with van der Waals surface area (Å²) in [7, 11) is 1.11. The minimum atomic E-state index is -5.15. The summed E-state index contributed by atoms with van der Waals surface area (Å²) >= 11 is 3.27. The van der Waals surface area contributed by atoms with Crippen LogP contribution in [0.3, 0.4) is 0 Å². The van der Waals surface area contributed by atoms with Gasteiger partial charge in [-0.3, -0.25) is 4.68 Å². The van der Waals surface area contributed by atoms with Crippen molar-refractivity contribution < 1.29 is 31.2 Å². The lowest BCUT2D eigenvalue weighted by Gasteiger charge is -2.29. The van der Waals surface area contributed by atoms with Gasteiger partial charge >= 0.3 is 12.4 Å². The minimum absolute atomic E-state index is 0.106. The lowest BCUT2D eigenvalue weighted by molar-refractivity contribution is -0.277. The Bertz CT molecular complexity index is 918. The number of halogens is 7. The van der Waals surface area contributed by atoms with E-state index in [1.165, 1.54) is 12.1 Å². The Labute approximate surface area is 157 Å². The minimum Gasteiger partial charge on any atom is -0.374 e. The second-order valence-corrected chi connectivity index (χ2v) is 7.01. The van der Waals surface area contributed by atoms with Crippen LogP contribution in [0.2, 0.25) is 0 Å². The molecule has 2 aromatic rings. The molecule has 3 rings (SSSR count). The van der Waals surface area contributed by atoms with Gasteiger partial charge in [0.2, 0.25) is 0 Å². The number of oxime groups is 1. The fourth-order valence-corrected chi connectivity index (χ4v) is 3.18. The van der Waals surface area contributed by atoms with Crippen molar-refractivity contribution in [3.05, 3.63) is 51.3 Å². The highest BCUT2D eigenvalue weighted by molar-refractivity contribution is 9.10. The Kier molecular flexibility index (Phi) is 4.56. The van der Waals surface area contributed by atoms with Crippen molar-refractivity contribution in [2.75, 3.05) is 0 Å². The lowest BCUT2D eigenvalue weighted by atomic mass is 9.86. The van der Waals surface area contributed by atoms with Gasteiger partial charge < -0.3 is 4.84 Å². The third kappa shape index (κ3) is 3.32. The molecule has 1 aromatic carbocycles. The monoisotopic (exact) mass is 455 g/mol. The second kappa shape index (κ2) is 6.25. The third-order valence-electron chi connectivity index (χ3n) is 4.22. The van der Waals surface area contributed by atoms with E-state index in [-0.39, 0.29) is 5.71 Å². The number of benzene rings is 1. The molecule has 27 heavy (non-hydrogen) atoms. The quantitative estimate of drug-likeness (QED) is 0.591. The van der Waals surface area contributed by atoms with Crippen LogP contribution < -0.4 is 0 Å². The number of rotatable bonds is 2. The van der Waals surface area contributed by atoms with Gasteiger partial charge in [-0.05, 0) is 18.6 Å². The van der Waals surface area contributed by atoms with Crippen molar-refractivity contribution in [2.24, 2.45) is 12.2 Å².